The molecule has 0 radical (unpaired) electrons. The van der Waals surface area contributed by atoms with Gasteiger partial charge in [0, 0.05) is 5.56 Å². The van der Waals surface area contributed by atoms with Crippen LogP contribution in [0.4, 0.5) is 0 Å². The summed E-state index contributed by atoms with van der Waals surface area (Å²) in [6.07, 6.45) is 5.06. The maximum atomic E-state index is 7.29. The molecule has 0 amide bonds. The van der Waals surface area contributed by atoms with Crippen LogP contribution in [-0.2, 0) is 6.42 Å². The van der Waals surface area contributed by atoms with Crippen LogP contribution in [0, 0.1) is 12.3 Å². The van der Waals surface area contributed by atoms with Crippen molar-refractivity contribution >= 4 is 11.9 Å². The molecule has 23 heavy (non-hydrogen) atoms. The van der Waals surface area contributed by atoms with Crippen LogP contribution < -0.4 is 10.5 Å². The summed E-state index contributed by atoms with van der Waals surface area (Å²) in [4.78, 5) is 0. The van der Waals surface area contributed by atoms with Gasteiger partial charge in [0.05, 0.1) is 7.11 Å². The highest BCUT2D eigenvalue weighted by atomic mass is 16.5. The van der Waals surface area contributed by atoms with E-state index in [1.54, 1.807) is 7.11 Å². The molecule has 0 aromatic heterocycles. The average molecular weight is 310 g/mol. The fourth-order valence-electron chi connectivity index (χ4n) is 2.06. The van der Waals surface area contributed by atoms with E-state index in [1.165, 1.54) is 11.1 Å². The highest BCUT2D eigenvalue weighted by Crippen LogP contribution is 2.13. The summed E-state index contributed by atoms with van der Waals surface area (Å²) >= 11 is 0. The zero-order valence-corrected chi connectivity index (χ0v) is 14.4. The molecule has 3 heteroatoms. The molecule has 122 valence electrons. The zero-order valence-electron chi connectivity index (χ0n) is 14.4. The van der Waals surface area contributed by atoms with Gasteiger partial charge < -0.3 is 10.5 Å². The summed E-state index contributed by atoms with van der Waals surface area (Å²) < 4.78 is 5.06. The van der Waals surface area contributed by atoms with Gasteiger partial charge in [0.25, 0.3) is 0 Å². The Balaban J connectivity index is 0.000000238. The fraction of sp³-hybridized carbons (Fsp3) is 0.250. The van der Waals surface area contributed by atoms with E-state index in [2.05, 4.69) is 19.1 Å². The smallest absolute Gasteiger partial charge is 0.122 e. The van der Waals surface area contributed by atoms with Crippen molar-refractivity contribution in [2.24, 2.45) is 5.73 Å². The van der Waals surface area contributed by atoms with E-state index in [0.717, 1.165) is 23.3 Å². The first-order valence-corrected chi connectivity index (χ1v) is 7.72. The molecule has 0 aliphatic carbocycles. The molecule has 0 spiro atoms. The van der Waals surface area contributed by atoms with Gasteiger partial charge in [-0.05, 0) is 55.2 Å². The molecule has 0 unspecified atom stereocenters. The molecule has 0 saturated heterocycles. The first-order valence-electron chi connectivity index (χ1n) is 7.72. The second kappa shape index (κ2) is 9.46. The molecular formula is C20H26N2O. The normalized spacial score (nSPS) is 10.1. The number of hydrogen-bond donors (Lipinski definition) is 2. The summed E-state index contributed by atoms with van der Waals surface area (Å²) in [5.41, 5.74) is 9.80. The van der Waals surface area contributed by atoms with E-state index in [-0.39, 0.29) is 5.84 Å². The maximum absolute atomic E-state index is 7.29. The van der Waals surface area contributed by atoms with E-state index in [1.807, 2.05) is 56.3 Å². The minimum absolute atomic E-state index is 0.116. The van der Waals surface area contributed by atoms with Crippen LogP contribution in [0.2, 0.25) is 0 Å². The predicted molar refractivity (Wildman–Crippen MR) is 99.3 cm³/mol. The maximum Gasteiger partial charge on any atom is 0.122 e. The van der Waals surface area contributed by atoms with Crippen LogP contribution in [0.3, 0.4) is 0 Å². The molecule has 2 rings (SSSR count). The Morgan fingerprint density at radius 3 is 2.52 bits per heavy atom. The number of nitrogens with two attached hydrogens (primary N) is 1. The lowest BCUT2D eigenvalue weighted by molar-refractivity contribution is 0.414. The lowest BCUT2D eigenvalue weighted by atomic mass is 10.0. The molecule has 0 heterocycles. The topological polar surface area (TPSA) is 59.1 Å². The van der Waals surface area contributed by atoms with Gasteiger partial charge in [-0.2, -0.15) is 0 Å². The van der Waals surface area contributed by atoms with Gasteiger partial charge in [0.1, 0.15) is 11.6 Å². The quantitative estimate of drug-likeness (QED) is 0.642. The minimum Gasteiger partial charge on any atom is -0.497 e. The van der Waals surface area contributed by atoms with Crippen molar-refractivity contribution in [3.05, 3.63) is 70.8 Å². The number of nitrogens with one attached hydrogen (secondary N) is 1. The number of methoxy groups -OCH3 is 1. The highest BCUT2D eigenvalue weighted by molar-refractivity contribution is 5.95. The van der Waals surface area contributed by atoms with E-state index < -0.39 is 0 Å². The van der Waals surface area contributed by atoms with Crippen molar-refractivity contribution in [3.8, 4) is 5.75 Å². The first-order chi connectivity index (χ1) is 11.0. The van der Waals surface area contributed by atoms with E-state index in [0.29, 0.717) is 0 Å². The van der Waals surface area contributed by atoms with Crippen molar-refractivity contribution in [2.75, 3.05) is 7.11 Å². The Labute approximate surface area is 139 Å². The Kier molecular flexibility index (Phi) is 7.61. The molecule has 0 aliphatic rings. The summed E-state index contributed by atoms with van der Waals surface area (Å²) in [5.74, 6) is 1.06. The zero-order chi connectivity index (χ0) is 17.2. The molecule has 2 aromatic rings. The van der Waals surface area contributed by atoms with Gasteiger partial charge in [0.15, 0.2) is 0 Å². The van der Waals surface area contributed by atoms with E-state index in [9.17, 15) is 0 Å². The van der Waals surface area contributed by atoms with Gasteiger partial charge in [-0.25, -0.2) is 0 Å². The standard InChI is InChI=1S/C11H14N2.C9H12O/c1-3-4-9-7-10(11(12)13)6-5-8(9)2;1-3-8-5-4-6-9(7-8)10-2/h3-7H,1-2H3,(H3,12,13);4-7H,3H2,1-2H3/b4-3-;. The van der Waals surface area contributed by atoms with Gasteiger partial charge >= 0.3 is 0 Å². The monoisotopic (exact) mass is 310 g/mol. The summed E-state index contributed by atoms with van der Waals surface area (Å²) in [7, 11) is 1.69. The molecule has 0 fully saturated rings. The average Bonchev–Trinajstić information content (AvgIpc) is 2.57. The van der Waals surface area contributed by atoms with Gasteiger partial charge in [-0.3, -0.25) is 5.41 Å². The van der Waals surface area contributed by atoms with Crippen molar-refractivity contribution in [3.63, 3.8) is 0 Å². The largest absolute Gasteiger partial charge is 0.497 e. The third-order valence-corrected chi connectivity index (χ3v) is 3.48. The SMILES string of the molecule is C/C=C\c1cc(C(=N)N)ccc1C.CCc1cccc(OC)c1. The van der Waals surface area contributed by atoms with Crippen molar-refractivity contribution < 1.29 is 4.74 Å². The summed E-state index contributed by atoms with van der Waals surface area (Å²) in [5, 5.41) is 7.29. The third kappa shape index (κ3) is 5.99. The number of allylic oxidation sites excluding steroid dienone is 1. The Hall–Kier alpha value is -2.55. The van der Waals surface area contributed by atoms with Crippen LogP contribution in [0.5, 0.6) is 5.75 Å². The first kappa shape index (κ1) is 18.5. The van der Waals surface area contributed by atoms with Crippen LogP contribution in [-0.4, -0.2) is 12.9 Å². The van der Waals surface area contributed by atoms with Crippen LogP contribution >= 0.6 is 0 Å². The summed E-state index contributed by atoms with van der Waals surface area (Å²) in [6, 6.07) is 13.9. The Bertz CT molecular complexity index is 656. The second-order valence-corrected chi connectivity index (χ2v) is 5.19. The number of nitrogen functional groups attached to an aromatic ring is 1. The number of ether oxygens (including phenoxy) is 1. The van der Waals surface area contributed by atoms with Gasteiger partial charge in [-0.15, -0.1) is 0 Å². The minimum atomic E-state index is 0.116. The van der Waals surface area contributed by atoms with E-state index >= 15 is 0 Å². The van der Waals surface area contributed by atoms with Crippen molar-refractivity contribution in [1.29, 1.82) is 5.41 Å². The second-order valence-electron chi connectivity index (χ2n) is 5.19. The molecule has 0 saturated carbocycles. The number of hydrogen-bond acceptors (Lipinski definition) is 2. The molecule has 0 atom stereocenters. The number of benzene rings is 2. The fourth-order valence-corrected chi connectivity index (χ4v) is 2.06. The van der Waals surface area contributed by atoms with Gasteiger partial charge in [0.2, 0.25) is 0 Å². The predicted octanol–water partition coefficient (Wildman–Crippen LogP) is 4.57. The number of rotatable bonds is 4. The molecule has 0 bridgehead atoms. The molecule has 2 aromatic carbocycles. The third-order valence-electron chi connectivity index (χ3n) is 3.48. The van der Waals surface area contributed by atoms with Gasteiger partial charge in [-0.1, -0.05) is 43.3 Å². The van der Waals surface area contributed by atoms with Crippen LogP contribution in [0.25, 0.3) is 6.08 Å². The molecular weight excluding hydrogens is 284 g/mol. The van der Waals surface area contributed by atoms with E-state index in [4.69, 9.17) is 15.9 Å². The lowest BCUT2D eigenvalue weighted by Gasteiger charge is -2.03. The number of amidine groups is 1. The van der Waals surface area contributed by atoms with Crippen molar-refractivity contribution in [1.82, 2.24) is 0 Å². The summed E-state index contributed by atoms with van der Waals surface area (Å²) in [6.45, 7) is 6.15. The van der Waals surface area contributed by atoms with Crippen molar-refractivity contribution in [2.45, 2.75) is 27.2 Å². The molecule has 3 N–H and O–H groups in total. The van der Waals surface area contributed by atoms with Crippen LogP contribution in [0.1, 0.15) is 36.1 Å². The van der Waals surface area contributed by atoms with Crippen LogP contribution in [0.15, 0.2) is 48.5 Å². The Morgan fingerprint density at radius 1 is 1.22 bits per heavy atom. The highest BCUT2D eigenvalue weighted by Gasteiger charge is 1.99. The number of aryl methyl sites for hydroxylation is 2. The molecule has 3 nitrogen and oxygen atoms in total. The lowest BCUT2D eigenvalue weighted by Crippen LogP contribution is -2.11. The molecule has 0 aliphatic heterocycles. The Morgan fingerprint density at radius 2 is 1.96 bits per heavy atom.